The van der Waals surface area contributed by atoms with E-state index in [1.165, 1.54) is 28.6 Å². The van der Waals surface area contributed by atoms with Crippen LogP contribution in [0.15, 0.2) is 71.9 Å². The molecule has 0 saturated heterocycles. The van der Waals surface area contributed by atoms with E-state index in [0.717, 1.165) is 28.8 Å². The molecule has 0 saturated carbocycles. The summed E-state index contributed by atoms with van der Waals surface area (Å²) in [5, 5.41) is 6.35. The van der Waals surface area contributed by atoms with Crippen LogP contribution in [0.1, 0.15) is 16.8 Å². The maximum absolute atomic E-state index is 13.4. The first-order valence-electron chi connectivity index (χ1n) is 11.2. The standard InChI is InChI=1S/C27H22FN5O/c1-16-3-8-23-21(13-16)19(14-29-23)9-11-32-12-10-24-22(27(32)34)15-30-26-25(17(2)31-33(24)26)18-4-6-20(28)7-5-18/h3-8,10,12-15,29H,9,11H2,1-2H3. The van der Waals surface area contributed by atoms with Gasteiger partial charge in [0.1, 0.15) is 5.82 Å². The van der Waals surface area contributed by atoms with Crippen LogP contribution in [-0.4, -0.2) is 24.1 Å². The van der Waals surface area contributed by atoms with Crippen LogP contribution < -0.4 is 5.56 Å². The van der Waals surface area contributed by atoms with Gasteiger partial charge in [0.15, 0.2) is 5.65 Å². The number of nitrogens with zero attached hydrogens (tertiary/aromatic N) is 4. The lowest BCUT2D eigenvalue weighted by Crippen LogP contribution is -2.21. The van der Waals surface area contributed by atoms with Gasteiger partial charge in [-0.2, -0.15) is 5.10 Å². The van der Waals surface area contributed by atoms with E-state index in [2.05, 4.69) is 40.2 Å². The fraction of sp³-hybridized carbons (Fsp3) is 0.148. The van der Waals surface area contributed by atoms with E-state index in [4.69, 9.17) is 0 Å². The van der Waals surface area contributed by atoms with Gasteiger partial charge in [0.05, 0.1) is 16.6 Å². The molecule has 0 fully saturated rings. The Kier molecular flexibility index (Phi) is 4.58. The van der Waals surface area contributed by atoms with Gasteiger partial charge in [-0.15, -0.1) is 0 Å². The predicted molar refractivity (Wildman–Crippen MR) is 132 cm³/mol. The van der Waals surface area contributed by atoms with Crippen molar-refractivity contribution in [1.82, 2.24) is 24.1 Å². The fourth-order valence-electron chi connectivity index (χ4n) is 4.69. The van der Waals surface area contributed by atoms with Crippen molar-refractivity contribution in [2.45, 2.75) is 26.8 Å². The van der Waals surface area contributed by atoms with Crippen LogP contribution >= 0.6 is 0 Å². The summed E-state index contributed by atoms with van der Waals surface area (Å²) in [6, 6.07) is 14.5. The van der Waals surface area contributed by atoms with Crippen molar-refractivity contribution in [2.75, 3.05) is 0 Å². The first-order chi connectivity index (χ1) is 16.5. The highest BCUT2D eigenvalue weighted by molar-refractivity contribution is 5.86. The molecule has 6 nitrogen and oxygen atoms in total. The average Bonchev–Trinajstić information content (AvgIpc) is 3.39. The zero-order valence-corrected chi connectivity index (χ0v) is 18.8. The Balaban J connectivity index is 1.39. The van der Waals surface area contributed by atoms with Gasteiger partial charge >= 0.3 is 0 Å². The van der Waals surface area contributed by atoms with E-state index < -0.39 is 0 Å². The highest BCUT2D eigenvalue weighted by atomic mass is 19.1. The van der Waals surface area contributed by atoms with Crippen LogP contribution in [0.5, 0.6) is 0 Å². The van der Waals surface area contributed by atoms with Crippen molar-refractivity contribution < 1.29 is 4.39 Å². The molecule has 0 unspecified atom stereocenters. The monoisotopic (exact) mass is 451 g/mol. The number of aromatic nitrogens is 5. The van der Waals surface area contributed by atoms with E-state index in [9.17, 15) is 9.18 Å². The summed E-state index contributed by atoms with van der Waals surface area (Å²) in [6.45, 7) is 4.53. The Hall–Kier alpha value is -4.26. The molecule has 0 aliphatic carbocycles. The van der Waals surface area contributed by atoms with Crippen LogP contribution in [0, 0.1) is 19.7 Å². The number of fused-ring (bicyclic) bond motifs is 4. The quantitative estimate of drug-likeness (QED) is 0.401. The molecule has 1 N–H and O–H groups in total. The highest BCUT2D eigenvalue weighted by Crippen LogP contribution is 2.28. The second kappa shape index (κ2) is 7.66. The molecule has 2 aromatic carbocycles. The number of rotatable bonds is 4. The molecule has 168 valence electrons. The summed E-state index contributed by atoms with van der Waals surface area (Å²) in [7, 11) is 0. The third kappa shape index (κ3) is 3.20. The molecule has 0 amide bonds. The number of H-pyrrole nitrogens is 1. The number of aromatic amines is 1. The number of aryl methyl sites for hydroxylation is 4. The molecule has 34 heavy (non-hydrogen) atoms. The number of benzene rings is 2. The SMILES string of the molecule is Cc1ccc2[nH]cc(CCn3ccc4c(cnc5c(-c6ccc(F)cc6)c(C)nn54)c3=O)c2c1. The lowest BCUT2D eigenvalue weighted by atomic mass is 10.1. The normalized spacial score (nSPS) is 11.7. The number of halogens is 1. The second-order valence-electron chi connectivity index (χ2n) is 8.69. The van der Waals surface area contributed by atoms with Crippen LogP contribution in [0.25, 0.3) is 38.6 Å². The Morgan fingerprint density at radius 2 is 1.85 bits per heavy atom. The number of pyridine rings is 1. The summed E-state index contributed by atoms with van der Waals surface area (Å²) in [5.74, 6) is -0.292. The van der Waals surface area contributed by atoms with Crippen molar-refractivity contribution in [3.8, 4) is 11.1 Å². The minimum atomic E-state index is -0.292. The van der Waals surface area contributed by atoms with Crippen molar-refractivity contribution in [1.29, 1.82) is 0 Å². The van der Waals surface area contributed by atoms with Gasteiger partial charge in [0, 0.05) is 41.6 Å². The summed E-state index contributed by atoms with van der Waals surface area (Å²) < 4.78 is 16.8. The molecule has 0 radical (unpaired) electrons. The largest absolute Gasteiger partial charge is 0.361 e. The Bertz CT molecular complexity index is 1760. The molecule has 0 spiro atoms. The highest BCUT2D eigenvalue weighted by Gasteiger charge is 2.16. The summed E-state index contributed by atoms with van der Waals surface area (Å²) in [4.78, 5) is 21.2. The molecule has 4 aromatic heterocycles. The molecule has 0 atom stereocenters. The predicted octanol–water partition coefficient (Wildman–Crippen LogP) is 5.19. The smallest absolute Gasteiger partial charge is 0.261 e. The molecular formula is C27H22FN5O. The van der Waals surface area contributed by atoms with Gasteiger partial charge in [-0.25, -0.2) is 13.9 Å². The first-order valence-corrected chi connectivity index (χ1v) is 11.2. The van der Waals surface area contributed by atoms with Gasteiger partial charge in [-0.05, 0) is 61.7 Å². The Morgan fingerprint density at radius 3 is 2.68 bits per heavy atom. The summed E-state index contributed by atoms with van der Waals surface area (Å²) in [6.07, 6.45) is 6.19. The zero-order chi connectivity index (χ0) is 23.4. The first kappa shape index (κ1) is 20.4. The molecule has 4 heterocycles. The minimum absolute atomic E-state index is 0.0978. The van der Waals surface area contributed by atoms with Gasteiger partial charge in [-0.1, -0.05) is 23.8 Å². The number of nitrogens with one attached hydrogen (secondary N) is 1. The minimum Gasteiger partial charge on any atom is -0.361 e. The van der Waals surface area contributed by atoms with E-state index >= 15 is 0 Å². The average molecular weight is 452 g/mol. The Labute approximate surface area is 194 Å². The summed E-state index contributed by atoms with van der Waals surface area (Å²) >= 11 is 0. The zero-order valence-electron chi connectivity index (χ0n) is 18.8. The van der Waals surface area contributed by atoms with Crippen LogP contribution in [0.4, 0.5) is 4.39 Å². The van der Waals surface area contributed by atoms with E-state index in [1.54, 1.807) is 27.4 Å². The van der Waals surface area contributed by atoms with Gasteiger partial charge < -0.3 is 9.55 Å². The lowest BCUT2D eigenvalue weighted by molar-refractivity contribution is 0.628. The molecule has 7 heteroatoms. The van der Waals surface area contributed by atoms with Crippen molar-refractivity contribution in [2.24, 2.45) is 0 Å². The second-order valence-corrected chi connectivity index (χ2v) is 8.69. The third-order valence-electron chi connectivity index (χ3n) is 6.44. The molecule has 0 aliphatic heterocycles. The molecule has 6 aromatic rings. The van der Waals surface area contributed by atoms with Crippen LogP contribution in [0.3, 0.4) is 0 Å². The topological polar surface area (TPSA) is 68.0 Å². The fourth-order valence-corrected chi connectivity index (χ4v) is 4.69. The van der Waals surface area contributed by atoms with E-state index in [0.29, 0.717) is 23.1 Å². The summed E-state index contributed by atoms with van der Waals surface area (Å²) in [5.41, 5.74) is 7.18. The van der Waals surface area contributed by atoms with Crippen molar-refractivity contribution in [3.05, 3.63) is 100 Å². The molecular weight excluding hydrogens is 429 g/mol. The van der Waals surface area contributed by atoms with Crippen molar-refractivity contribution in [3.63, 3.8) is 0 Å². The van der Waals surface area contributed by atoms with Gasteiger partial charge in [0.25, 0.3) is 5.56 Å². The third-order valence-corrected chi connectivity index (χ3v) is 6.44. The maximum atomic E-state index is 13.4. The van der Waals surface area contributed by atoms with Crippen LogP contribution in [0.2, 0.25) is 0 Å². The van der Waals surface area contributed by atoms with E-state index in [-0.39, 0.29) is 11.4 Å². The molecule has 0 aliphatic rings. The van der Waals surface area contributed by atoms with E-state index in [1.807, 2.05) is 25.4 Å². The number of hydrogen-bond donors (Lipinski definition) is 1. The maximum Gasteiger partial charge on any atom is 0.261 e. The van der Waals surface area contributed by atoms with Gasteiger partial charge in [-0.3, -0.25) is 4.79 Å². The lowest BCUT2D eigenvalue weighted by Gasteiger charge is -2.08. The number of hydrogen-bond acceptors (Lipinski definition) is 3. The van der Waals surface area contributed by atoms with Crippen molar-refractivity contribution >= 4 is 27.5 Å². The molecule has 0 bridgehead atoms. The van der Waals surface area contributed by atoms with Gasteiger partial charge in [0.2, 0.25) is 0 Å². The Morgan fingerprint density at radius 1 is 1.03 bits per heavy atom. The molecule has 6 rings (SSSR count). The van der Waals surface area contributed by atoms with Crippen LogP contribution in [-0.2, 0) is 13.0 Å².